The van der Waals surface area contributed by atoms with Gasteiger partial charge >= 0.3 is 35.8 Å². The van der Waals surface area contributed by atoms with Crippen molar-refractivity contribution >= 4 is 13.1 Å². The van der Waals surface area contributed by atoms with Crippen LogP contribution in [0, 0.1) is 0 Å². The third-order valence-electron chi connectivity index (χ3n) is 9.47. The fraction of sp³-hybridized carbons (Fsp3) is 0.529. The van der Waals surface area contributed by atoms with Crippen LogP contribution in [-0.2, 0) is 5.92 Å². The molecule has 0 amide bonds. The lowest BCUT2D eigenvalue weighted by atomic mass is 9.87. The molecule has 0 unspecified atom stereocenters. The van der Waals surface area contributed by atoms with Crippen LogP contribution in [0.2, 0.25) is 0 Å². The molecule has 2 aromatic heterocycles. The first-order chi connectivity index (χ1) is 24.6. The van der Waals surface area contributed by atoms with Crippen LogP contribution >= 0.6 is 0 Å². The van der Waals surface area contributed by atoms with Gasteiger partial charge in [0, 0.05) is 22.3 Å². The molecule has 0 saturated carbocycles. The average molecular weight is 789 g/mol. The topological polar surface area (TPSA) is 52.4 Å². The number of nitrogens with zero attached hydrogens (tertiary/aromatic N) is 6. The second-order valence-corrected chi connectivity index (χ2v) is 14.5. The van der Waals surface area contributed by atoms with Crippen LogP contribution in [0.1, 0.15) is 107 Å². The van der Waals surface area contributed by atoms with Crippen molar-refractivity contribution in [3.8, 4) is 11.4 Å². The molecule has 6 nitrogen and oxygen atoms in total. The second kappa shape index (κ2) is 14.2. The smallest absolute Gasteiger partial charge is 0.394 e. The minimum absolute atomic E-state index is 0.00639. The van der Waals surface area contributed by atoms with E-state index in [1.165, 1.54) is 0 Å². The molecule has 0 aliphatic rings. The summed E-state index contributed by atoms with van der Waals surface area (Å²) < 4.78 is 188. The van der Waals surface area contributed by atoms with Crippen molar-refractivity contribution < 1.29 is 61.6 Å². The lowest BCUT2D eigenvalue weighted by Crippen LogP contribution is -2.69. The van der Waals surface area contributed by atoms with Gasteiger partial charge in [-0.25, -0.2) is 9.13 Å². The van der Waals surface area contributed by atoms with Gasteiger partial charge in [-0.3, -0.25) is 0 Å². The summed E-state index contributed by atoms with van der Waals surface area (Å²) in [5.74, 6) is -41.2. The standard InChI is InChI=1S/C34H38BF13N6/c1-17(2)21-11-9-12-22(18(3)4)25(21)52-15-16-53(26-23(19(5)6)13-10-14-24(26)20(7)8)28(52)35-54-27(49-50-51-54)29(36,37)30(38,39)31(40,41)32(42,43)33(44,45)34(46,47)48/h9-20H,35H2,1-8H3. The molecule has 0 saturated heterocycles. The first kappa shape index (κ1) is 42.6. The van der Waals surface area contributed by atoms with E-state index in [-0.39, 0.29) is 34.0 Å². The Labute approximate surface area is 302 Å². The number of imidazole rings is 1. The van der Waals surface area contributed by atoms with Gasteiger partial charge in [0.2, 0.25) is 7.41 Å². The van der Waals surface area contributed by atoms with Crippen molar-refractivity contribution in [2.24, 2.45) is 0 Å². The summed E-state index contributed by atoms with van der Waals surface area (Å²) in [7, 11) is -2.73. The predicted octanol–water partition coefficient (Wildman–Crippen LogP) is 8.69. The van der Waals surface area contributed by atoms with E-state index < -0.39 is 49.0 Å². The second-order valence-electron chi connectivity index (χ2n) is 14.5. The van der Waals surface area contributed by atoms with Gasteiger partial charge in [-0.15, -0.1) is 5.10 Å². The van der Waals surface area contributed by atoms with E-state index in [1.54, 1.807) is 57.9 Å². The summed E-state index contributed by atoms with van der Waals surface area (Å²) in [6, 6.07) is 10.8. The highest BCUT2D eigenvalue weighted by molar-refractivity contribution is 6.48. The highest BCUT2D eigenvalue weighted by Gasteiger charge is 2.91. The maximum absolute atomic E-state index is 15.6. The van der Waals surface area contributed by atoms with Gasteiger partial charge < -0.3 is 4.59 Å². The molecule has 0 radical (unpaired) electrons. The van der Waals surface area contributed by atoms with E-state index >= 15 is 17.6 Å². The van der Waals surface area contributed by atoms with Crippen molar-refractivity contribution in [2.45, 2.75) is 115 Å². The Bertz CT molecular complexity index is 1830. The zero-order valence-electron chi connectivity index (χ0n) is 30.5. The fourth-order valence-corrected chi connectivity index (χ4v) is 6.48. The number of aromatic nitrogens is 6. The SMILES string of the molecule is CC(C)c1cccc(C(C)C)c1-n1cc[n+](-c2c(C(C)C)cccc2C(C)C)c1[BH2-]n1nnnc1C(F)(F)C(F)(F)C(F)(F)C(F)(F)C(F)(F)C(F)(F)F. The Hall–Kier alpha value is -4.13. The van der Waals surface area contributed by atoms with Crippen LogP contribution in [0.25, 0.3) is 11.4 Å². The molecule has 0 aliphatic carbocycles. The van der Waals surface area contributed by atoms with Gasteiger partial charge in [-0.05, 0) is 28.9 Å². The zero-order chi connectivity index (χ0) is 41.1. The van der Waals surface area contributed by atoms with Crippen LogP contribution in [-0.4, -0.2) is 62.0 Å². The lowest BCUT2D eigenvalue weighted by molar-refractivity contribution is -0.577. The largest absolute Gasteiger partial charge is 0.460 e. The fourth-order valence-electron chi connectivity index (χ4n) is 6.48. The quantitative estimate of drug-likeness (QED) is 0.0775. The molecule has 2 heterocycles. The molecule has 298 valence electrons. The number of tetrazole rings is 1. The maximum atomic E-state index is 15.6. The summed E-state index contributed by atoms with van der Waals surface area (Å²) in [5, 5.41) is 8.94. The van der Waals surface area contributed by atoms with Gasteiger partial charge in [0.25, 0.3) is 0 Å². The van der Waals surface area contributed by atoms with Crippen LogP contribution < -0.4 is 10.3 Å². The van der Waals surface area contributed by atoms with Gasteiger partial charge in [0.15, 0.2) is 5.82 Å². The lowest BCUT2D eigenvalue weighted by Gasteiger charge is -2.39. The van der Waals surface area contributed by atoms with E-state index in [1.807, 2.05) is 55.4 Å². The maximum Gasteiger partial charge on any atom is 0.460 e. The van der Waals surface area contributed by atoms with Crippen molar-refractivity contribution in [1.82, 2.24) is 24.7 Å². The molecule has 4 aromatic rings. The van der Waals surface area contributed by atoms with Gasteiger partial charge in [0.05, 0.1) is 0 Å². The summed E-state index contributed by atoms with van der Waals surface area (Å²) in [6.45, 7) is 15.0. The number of benzene rings is 2. The van der Waals surface area contributed by atoms with E-state index in [4.69, 9.17) is 0 Å². The first-order valence-electron chi connectivity index (χ1n) is 17.0. The molecule has 0 fully saturated rings. The zero-order valence-corrected chi connectivity index (χ0v) is 30.5. The summed E-state index contributed by atoms with van der Waals surface area (Å²) in [4.78, 5) is 0. The van der Waals surface area contributed by atoms with E-state index in [0.29, 0.717) is 11.4 Å². The number of hydrogen-bond acceptors (Lipinski definition) is 3. The average Bonchev–Trinajstić information content (AvgIpc) is 3.70. The summed E-state index contributed by atoms with van der Waals surface area (Å²) >= 11 is 0. The molecule has 0 spiro atoms. The van der Waals surface area contributed by atoms with Crippen molar-refractivity contribution in [2.75, 3.05) is 0 Å². The monoisotopic (exact) mass is 788 g/mol. The van der Waals surface area contributed by atoms with Gasteiger partial charge in [-0.1, -0.05) is 97.0 Å². The Morgan fingerprint density at radius 2 is 1.02 bits per heavy atom. The summed E-state index contributed by atoms with van der Waals surface area (Å²) in [6.07, 6.45) is -4.39. The minimum atomic E-state index is -8.06. The number of hydrogen-bond donors (Lipinski definition) is 0. The molecule has 0 N–H and O–H groups in total. The minimum Gasteiger partial charge on any atom is -0.394 e. The number of para-hydroxylation sites is 2. The Morgan fingerprint density at radius 3 is 1.44 bits per heavy atom. The molecule has 0 bridgehead atoms. The van der Waals surface area contributed by atoms with Crippen LogP contribution in [0.15, 0.2) is 48.8 Å². The van der Waals surface area contributed by atoms with Crippen LogP contribution in [0.4, 0.5) is 57.1 Å². The highest BCUT2D eigenvalue weighted by Crippen LogP contribution is 2.61. The molecule has 54 heavy (non-hydrogen) atoms. The third kappa shape index (κ3) is 6.64. The van der Waals surface area contributed by atoms with Crippen LogP contribution in [0.3, 0.4) is 0 Å². The highest BCUT2D eigenvalue weighted by atomic mass is 19.4. The molecule has 20 heteroatoms. The number of rotatable bonds is 13. The Morgan fingerprint density at radius 1 is 0.593 bits per heavy atom. The Kier molecular flexibility index (Phi) is 11.2. The van der Waals surface area contributed by atoms with Crippen molar-refractivity contribution in [1.29, 1.82) is 0 Å². The van der Waals surface area contributed by atoms with Gasteiger partial charge in [0.1, 0.15) is 29.5 Å². The van der Waals surface area contributed by atoms with E-state index in [2.05, 4.69) is 15.5 Å². The van der Waals surface area contributed by atoms with Crippen molar-refractivity contribution in [3.63, 3.8) is 0 Å². The molecular formula is C34H38BF13N6. The molecule has 0 atom stereocenters. The van der Waals surface area contributed by atoms with Gasteiger partial charge in [-0.2, -0.15) is 57.1 Å². The third-order valence-corrected chi connectivity index (χ3v) is 9.47. The molecule has 4 rings (SSSR count). The predicted molar refractivity (Wildman–Crippen MR) is 175 cm³/mol. The van der Waals surface area contributed by atoms with Crippen LogP contribution in [0.5, 0.6) is 0 Å². The van der Waals surface area contributed by atoms with E-state index in [9.17, 15) is 39.5 Å². The molecule has 2 aromatic carbocycles. The molecule has 0 aliphatic heterocycles. The molecular weight excluding hydrogens is 750 g/mol. The first-order valence-corrected chi connectivity index (χ1v) is 17.0. The number of alkyl halides is 13. The van der Waals surface area contributed by atoms with E-state index in [0.717, 1.165) is 22.3 Å². The summed E-state index contributed by atoms with van der Waals surface area (Å²) in [5.41, 5.74) is 4.19. The normalized spacial score (nSPS) is 14.0. The number of halogens is 13. The Balaban J connectivity index is 2.05. The van der Waals surface area contributed by atoms with Crippen molar-refractivity contribution in [3.05, 3.63) is 76.9 Å².